The summed E-state index contributed by atoms with van der Waals surface area (Å²) in [5.74, 6) is -0.571. The molecule has 1 aromatic rings. The standard InChI is InChI=1S/C15H22N2O3/c1-10-8-16-9-12(10)14(18)17-13-7-5-3-4-6-11(13)15(19)20-2/h8-9,11,13,16H,3-7H2,1-2H3,(H,17,18)/t11-,13+/m1/s1. The number of hydrogen-bond acceptors (Lipinski definition) is 3. The zero-order valence-corrected chi connectivity index (χ0v) is 12.1. The number of esters is 1. The van der Waals surface area contributed by atoms with Crippen molar-refractivity contribution < 1.29 is 14.3 Å². The van der Waals surface area contributed by atoms with Gasteiger partial charge in [0.15, 0.2) is 0 Å². The average Bonchev–Trinajstić information content (AvgIpc) is 2.74. The molecule has 110 valence electrons. The van der Waals surface area contributed by atoms with Crippen LogP contribution in [0.15, 0.2) is 12.4 Å². The molecule has 0 unspecified atom stereocenters. The predicted molar refractivity (Wildman–Crippen MR) is 75.4 cm³/mol. The number of H-pyrrole nitrogens is 1. The van der Waals surface area contributed by atoms with Gasteiger partial charge in [-0.05, 0) is 25.3 Å². The fraction of sp³-hybridized carbons (Fsp3) is 0.600. The Bertz CT molecular complexity index is 481. The van der Waals surface area contributed by atoms with Crippen LogP contribution in [0.25, 0.3) is 0 Å². The molecular formula is C15H22N2O3. The highest BCUT2D eigenvalue weighted by molar-refractivity contribution is 5.95. The van der Waals surface area contributed by atoms with Crippen LogP contribution in [0.3, 0.4) is 0 Å². The lowest BCUT2D eigenvalue weighted by molar-refractivity contribution is -0.146. The Morgan fingerprint density at radius 1 is 1.25 bits per heavy atom. The van der Waals surface area contributed by atoms with Crippen molar-refractivity contribution in [2.45, 2.75) is 45.1 Å². The SMILES string of the molecule is COC(=O)[C@@H]1CCCCC[C@@H]1NC(=O)c1c[nH]cc1C. The molecule has 2 N–H and O–H groups in total. The zero-order chi connectivity index (χ0) is 14.5. The number of nitrogens with one attached hydrogen (secondary N) is 2. The maximum absolute atomic E-state index is 12.3. The van der Waals surface area contributed by atoms with Crippen LogP contribution >= 0.6 is 0 Å². The van der Waals surface area contributed by atoms with Gasteiger partial charge < -0.3 is 15.0 Å². The second-order valence-electron chi connectivity index (χ2n) is 5.40. The monoisotopic (exact) mass is 278 g/mol. The van der Waals surface area contributed by atoms with Crippen molar-refractivity contribution in [3.05, 3.63) is 23.5 Å². The summed E-state index contributed by atoms with van der Waals surface area (Å²) < 4.78 is 4.88. The van der Waals surface area contributed by atoms with Crippen molar-refractivity contribution in [1.82, 2.24) is 10.3 Å². The number of carbonyl (C=O) groups excluding carboxylic acids is 2. The molecule has 1 saturated carbocycles. The number of aromatic amines is 1. The molecule has 0 radical (unpaired) electrons. The van der Waals surface area contributed by atoms with Crippen LogP contribution in [-0.2, 0) is 9.53 Å². The van der Waals surface area contributed by atoms with E-state index in [4.69, 9.17) is 4.74 Å². The van der Waals surface area contributed by atoms with E-state index in [9.17, 15) is 9.59 Å². The Labute approximate surface area is 119 Å². The van der Waals surface area contributed by atoms with Crippen molar-refractivity contribution in [2.75, 3.05) is 7.11 Å². The van der Waals surface area contributed by atoms with Crippen molar-refractivity contribution >= 4 is 11.9 Å². The summed E-state index contributed by atoms with van der Waals surface area (Å²) >= 11 is 0. The van der Waals surface area contributed by atoms with Gasteiger partial charge in [0, 0.05) is 18.4 Å². The number of ether oxygens (including phenoxy) is 1. The number of hydrogen-bond donors (Lipinski definition) is 2. The summed E-state index contributed by atoms with van der Waals surface area (Å²) in [4.78, 5) is 27.1. The van der Waals surface area contributed by atoms with Gasteiger partial charge in [-0.2, -0.15) is 0 Å². The number of methoxy groups -OCH3 is 1. The molecule has 5 nitrogen and oxygen atoms in total. The van der Waals surface area contributed by atoms with Gasteiger partial charge in [-0.1, -0.05) is 19.3 Å². The minimum Gasteiger partial charge on any atom is -0.469 e. The van der Waals surface area contributed by atoms with E-state index < -0.39 is 0 Å². The highest BCUT2D eigenvalue weighted by Gasteiger charge is 2.31. The van der Waals surface area contributed by atoms with Crippen molar-refractivity contribution in [1.29, 1.82) is 0 Å². The van der Waals surface area contributed by atoms with Crippen LogP contribution in [0.4, 0.5) is 0 Å². The molecule has 0 bridgehead atoms. The molecular weight excluding hydrogens is 256 g/mol. The van der Waals surface area contributed by atoms with Crippen LogP contribution in [0.1, 0.15) is 48.0 Å². The first kappa shape index (κ1) is 14.6. The molecule has 1 aliphatic rings. The van der Waals surface area contributed by atoms with Gasteiger partial charge in [0.1, 0.15) is 0 Å². The molecule has 1 aliphatic carbocycles. The number of amides is 1. The first-order valence-electron chi connectivity index (χ1n) is 7.15. The van der Waals surface area contributed by atoms with E-state index in [1.165, 1.54) is 7.11 Å². The minimum atomic E-state index is -0.231. The molecule has 0 aliphatic heterocycles. The van der Waals surface area contributed by atoms with Gasteiger partial charge in [0.05, 0.1) is 18.6 Å². The highest BCUT2D eigenvalue weighted by Crippen LogP contribution is 2.25. The number of rotatable bonds is 3. The maximum atomic E-state index is 12.3. The Balaban J connectivity index is 2.09. The lowest BCUT2D eigenvalue weighted by Gasteiger charge is -2.24. The number of carbonyl (C=O) groups is 2. The highest BCUT2D eigenvalue weighted by atomic mass is 16.5. The van der Waals surface area contributed by atoms with Crippen LogP contribution in [0, 0.1) is 12.8 Å². The molecule has 1 aromatic heterocycles. The van der Waals surface area contributed by atoms with Gasteiger partial charge in [-0.15, -0.1) is 0 Å². The Kier molecular flexibility index (Phi) is 4.82. The van der Waals surface area contributed by atoms with E-state index >= 15 is 0 Å². The van der Waals surface area contributed by atoms with Gasteiger partial charge in [-0.25, -0.2) is 0 Å². The fourth-order valence-electron chi connectivity index (χ4n) is 2.85. The topological polar surface area (TPSA) is 71.2 Å². The summed E-state index contributed by atoms with van der Waals surface area (Å²) in [6.45, 7) is 1.89. The van der Waals surface area contributed by atoms with Gasteiger partial charge in [-0.3, -0.25) is 9.59 Å². The molecule has 0 saturated heterocycles. The third-order valence-electron chi connectivity index (χ3n) is 4.03. The van der Waals surface area contributed by atoms with E-state index in [1.807, 2.05) is 6.92 Å². The second-order valence-corrected chi connectivity index (χ2v) is 5.40. The van der Waals surface area contributed by atoms with E-state index in [1.54, 1.807) is 12.4 Å². The first-order chi connectivity index (χ1) is 9.63. The fourth-order valence-corrected chi connectivity index (χ4v) is 2.85. The van der Waals surface area contributed by atoms with Crippen molar-refractivity contribution in [3.63, 3.8) is 0 Å². The Morgan fingerprint density at radius 2 is 2.00 bits per heavy atom. The lowest BCUT2D eigenvalue weighted by Crippen LogP contribution is -2.43. The van der Waals surface area contributed by atoms with E-state index in [2.05, 4.69) is 10.3 Å². The van der Waals surface area contributed by atoms with E-state index in [0.717, 1.165) is 37.7 Å². The zero-order valence-electron chi connectivity index (χ0n) is 12.1. The second kappa shape index (κ2) is 6.59. The summed E-state index contributed by atoms with van der Waals surface area (Å²) in [7, 11) is 1.41. The average molecular weight is 278 g/mol. The predicted octanol–water partition coefficient (Wildman–Crippen LogP) is 2.17. The molecule has 1 heterocycles. The molecule has 2 atom stereocenters. The molecule has 1 fully saturated rings. The van der Waals surface area contributed by atoms with Crippen LogP contribution in [-0.4, -0.2) is 30.0 Å². The summed E-state index contributed by atoms with van der Waals surface area (Å²) in [6.07, 6.45) is 8.23. The third-order valence-corrected chi connectivity index (χ3v) is 4.03. The third kappa shape index (κ3) is 3.21. The van der Waals surface area contributed by atoms with E-state index in [0.29, 0.717) is 5.56 Å². The summed E-state index contributed by atoms with van der Waals surface area (Å²) in [5.41, 5.74) is 1.55. The number of aromatic nitrogens is 1. The maximum Gasteiger partial charge on any atom is 0.310 e. The molecule has 20 heavy (non-hydrogen) atoms. The molecule has 1 amide bonds. The van der Waals surface area contributed by atoms with Gasteiger partial charge in [0.25, 0.3) is 5.91 Å². The molecule has 2 rings (SSSR count). The molecule has 0 spiro atoms. The Hall–Kier alpha value is -1.78. The summed E-state index contributed by atoms with van der Waals surface area (Å²) in [6, 6.07) is -0.133. The van der Waals surface area contributed by atoms with Crippen LogP contribution in [0.5, 0.6) is 0 Å². The number of aryl methyl sites for hydroxylation is 1. The van der Waals surface area contributed by atoms with Crippen molar-refractivity contribution in [2.24, 2.45) is 5.92 Å². The normalized spacial score (nSPS) is 22.9. The van der Waals surface area contributed by atoms with Gasteiger partial charge >= 0.3 is 5.97 Å². The van der Waals surface area contributed by atoms with Gasteiger partial charge in [0.2, 0.25) is 0 Å². The lowest BCUT2D eigenvalue weighted by atomic mass is 9.94. The smallest absolute Gasteiger partial charge is 0.310 e. The quantitative estimate of drug-likeness (QED) is 0.657. The largest absolute Gasteiger partial charge is 0.469 e. The van der Waals surface area contributed by atoms with Crippen LogP contribution in [0.2, 0.25) is 0 Å². The Morgan fingerprint density at radius 3 is 2.65 bits per heavy atom. The van der Waals surface area contributed by atoms with Crippen LogP contribution < -0.4 is 5.32 Å². The molecule has 5 heteroatoms. The van der Waals surface area contributed by atoms with Crippen molar-refractivity contribution in [3.8, 4) is 0 Å². The summed E-state index contributed by atoms with van der Waals surface area (Å²) in [5, 5.41) is 3.01. The van der Waals surface area contributed by atoms with E-state index in [-0.39, 0.29) is 23.8 Å². The molecule has 0 aromatic carbocycles. The first-order valence-corrected chi connectivity index (χ1v) is 7.15. The minimum absolute atomic E-state index is 0.121.